The summed E-state index contributed by atoms with van der Waals surface area (Å²) in [6.07, 6.45) is -1.85. The maximum Gasteiger partial charge on any atom is 0.135 e. The van der Waals surface area contributed by atoms with E-state index in [0.29, 0.717) is 32.1 Å². The molecule has 0 amide bonds. The van der Waals surface area contributed by atoms with E-state index in [4.69, 9.17) is 28.4 Å². The number of hydrogen-bond donors (Lipinski definition) is 4. The monoisotopic (exact) mass is 732 g/mol. The zero-order valence-corrected chi connectivity index (χ0v) is 30.8. The zero-order valence-electron chi connectivity index (χ0n) is 30.8. The van der Waals surface area contributed by atoms with Crippen molar-refractivity contribution in [3.63, 3.8) is 0 Å². The quantitative estimate of drug-likeness (QED) is 0.314. The summed E-state index contributed by atoms with van der Waals surface area (Å²) in [4.78, 5) is 26.9. The van der Waals surface area contributed by atoms with Crippen LogP contribution in [0.5, 0.6) is 0 Å². The first-order chi connectivity index (χ1) is 24.9. The summed E-state index contributed by atoms with van der Waals surface area (Å²) in [5, 5.41) is 42.5. The highest BCUT2D eigenvalue weighted by molar-refractivity contribution is 5.79. The van der Waals surface area contributed by atoms with Crippen LogP contribution in [-0.2, 0) is 38.0 Å². The lowest BCUT2D eigenvalue weighted by atomic mass is 9.79. The summed E-state index contributed by atoms with van der Waals surface area (Å²) >= 11 is 0. The van der Waals surface area contributed by atoms with E-state index >= 15 is 0 Å². The molecule has 292 valence electrons. The van der Waals surface area contributed by atoms with Gasteiger partial charge in [0.2, 0.25) is 0 Å². The second kappa shape index (κ2) is 16.3. The van der Waals surface area contributed by atoms with Gasteiger partial charge in [-0.25, -0.2) is 0 Å². The molecule has 7 fully saturated rings. The third kappa shape index (κ3) is 8.17. The lowest BCUT2D eigenvalue weighted by Gasteiger charge is -2.46. The molecule has 12 heteroatoms. The predicted octanol–water partition coefficient (Wildman–Crippen LogP) is 2.89. The average molecular weight is 733 g/mol. The molecule has 0 aromatic carbocycles. The highest BCUT2D eigenvalue weighted by atomic mass is 16.6. The van der Waals surface area contributed by atoms with Crippen molar-refractivity contribution in [2.75, 3.05) is 6.61 Å². The molecule has 7 saturated heterocycles. The van der Waals surface area contributed by atoms with Crippen LogP contribution in [0.4, 0.5) is 0 Å². The Morgan fingerprint density at radius 1 is 0.692 bits per heavy atom. The molecule has 12 nitrogen and oxygen atoms in total. The molecule has 52 heavy (non-hydrogen) atoms. The van der Waals surface area contributed by atoms with E-state index in [1.165, 1.54) is 0 Å². The number of aliphatic hydroxyl groups excluding tert-OH is 4. The summed E-state index contributed by atoms with van der Waals surface area (Å²) < 4.78 is 38.4. The number of Topliss-reactive ketones (excluding diaryl/α,β-unsaturated/α-hetero) is 2. The molecule has 7 aliphatic heterocycles. The van der Waals surface area contributed by atoms with Gasteiger partial charge in [0.05, 0.1) is 67.6 Å². The third-order valence-corrected chi connectivity index (χ3v) is 13.3. The molecule has 0 spiro atoms. The van der Waals surface area contributed by atoms with Crippen molar-refractivity contribution < 1.29 is 58.4 Å². The van der Waals surface area contributed by atoms with Gasteiger partial charge >= 0.3 is 0 Å². The highest BCUT2D eigenvalue weighted by Gasteiger charge is 2.57. The predicted molar refractivity (Wildman–Crippen MR) is 187 cm³/mol. The second-order valence-corrected chi connectivity index (χ2v) is 17.0. The van der Waals surface area contributed by atoms with Crippen molar-refractivity contribution >= 4 is 11.6 Å². The number of ether oxygens (including phenoxy) is 6. The van der Waals surface area contributed by atoms with E-state index in [1.807, 2.05) is 0 Å². The minimum Gasteiger partial charge on any atom is -0.394 e. The van der Waals surface area contributed by atoms with Crippen molar-refractivity contribution in [1.82, 2.24) is 0 Å². The number of fused-ring (bicyclic) bond motifs is 7. The van der Waals surface area contributed by atoms with Crippen molar-refractivity contribution in [3.8, 4) is 0 Å². The third-order valence-electron chi connectivity index (χ3n) is 13.3. The van der Waals surface area contributed by atoms with Crippen LogP contribution >= 0.6 is 0 Å². The van der Waals surface area contributed by atoms with Gasteiger partial charge in [0.15, 0.2) is 0 Å². The maximum absolute atomic E-state index is 13.8. The van der Waals surface area contributed by atoms with Gasteiger partial charge in [0.25, 0.3) is 0 Å². The Bertz CT molecular complexity index is 1320. The van der Waals surface area contributed by atoms with Crippen molar-refractivity contribution in [1.29, 1.82) is 0 Å². The number of aliphatic hydroxyl groups is 4. The number of carbonyl (C=O) groups is 2. The number of rotatable bonds is 3. The van der Waals surface area contributed by atoms with Crippen LogP contribution in [0.25, 0.3) is 0 Å². The summed E-state index contributed by atoms with van der Waals surface area (Å²) in [6.45, 7) is 12.6. The molecule has 0 aromatic rings. The van der Waals surface area contributed by atoms with E-state index in [-0.39, 0.29) is 105 Å². The first kappa shape index (κ1) is 38.7. The summed E-state index contributed by atoms with van der Waals surface area (Å²) in [5.41, 5.74) is 2.04. The number of carbonyl (C=O) groups excluding carboxylic acids is 2. The molecule has 0 aliphatic carbocycles. The van der Waals surface area contributed by atoms with Crippen LogP contribution in [0.3, 0.4) is 0 Å². The molecule has 0 radical (unpaired) electrons. The summed E-state index contributed by atoms with van der Waals surface area (Å²) in [6, 6.07) is 0. The van der Waals surface area contributed by atoms with Crippen molar-refractivity contribution in [2.45, 2.75) is 189 Å². The lowest BCUT2D eigenvalue weighted by Crippen LogP contribution is -2.61. The molecule has 7 rings (SSSR count). The van der Waals surface area contributed by atoms with Crippen LogP contribution in [-0.4, -0.2) is 130 Å². The fraction of sp³-hybridized carbons (Fsp3) is 0.850. The minimum atomic E-state index is -1.08. The average Bonchev–Trinajstić information content (AvgIpc) is 3.73. The van der Waals surface area contributed by atoms with Crippen LogP contribution in [0.1, 0.15) is 97.3 Å². The van der Waals surface area contributed by atoms with E-state index in [1.54, 1.807) is 0 Å². The molecule has 8 bridgehead atoms. The normalized spacial score (nSPS) is 48.4. The number of ketones is 2. The Balaban J connectivity index is 1.10. The summed E-state index contributed by atoms with van der Waals surface area (Å²) in [5.74, 6) is 0.0495. The Morgan fingerprint density at radius 2 is 1.40 bits per heavy atom. The standard InChI is InChI=1S/C40H60O12/c1-19-11-27-7-9-30-20(2)12-26(47-30)6-5-23(42)15-35-36(45)39-40(52-35)37(46)38-31(51-39)10-8-28(49-38)13-24(43)14-29-22(4)32(16-25(44)18-41)50-34(29)17-33(48-27)21(19)3/h19,22,25-41,44-46H,2-3,5-18H2,1,4H3/t19-,22-,25+,26+,27+,28?,29-,30?,31+,32-,33?,34+,35-,36+,37+,38+,39+,40+/m1/s1. The van der Waals surface area contributed by atoms with Gasteiger partial charge in [-0.3, -0.25) is 9.59 Å². The minimum absolute atomic E-state index is 0.00785. The van der Waals surface area contributed by atoms with Crippen LogP contribution in [0, 0.1) is 17.8 Å². The Hall–Kier alpha value is -1.58. The molecule has 7 heterocycles. The van der Waals surface area contributed by atoms with Gasteiger partial charge in [-0.15, -0.1) is 0 Å². The van der Waals surface area contributed by atoms with E-state index in [2.05, 4.69) is 27.0 Å². The molecule has 0 saturated carbocycles. The topological polar surface area (TPSA) is 170 Å². The molecule has 3 unspecified atom stereocenters. The molecule has 4 N–H and O–H groups in total. The van der Waals surface area contributed by atoms with Gasteiger partial charge in [0.1, 0.15) is 42.1 Å². The molecule has 7 aliphatic rings. The van der Waals surface area contributed by atoms with Crippen molar-refractivity contribution in [3.05, 3.63) is 24.3 Å². The van der Waals surface area contributed by atoms with Crippen LogP contribution in [0.15, 0.2) is 24.3 Å². The fourth-order valence-corrected chi connectivity index (χ4v) is 10.1. The fourth-order valence-electron chi connectivity index (χ4n) is 10.1. The van der Waals surface area contributed by atoms with Crippen LogP contribution in [0.2, 0.25) is 0 Å². The summed E-state index contributed by atoms with van der Waals surface area (Å²) in [7, 11) is 0. The SMILES string of the molecule is C=C1C[C@@H]2CCC(=O)C[C@H]3O[C@H]4[C@@H](O)[C@H]5OC(CC[C@@H]5O[C@H]4[C@H]3O)CC(=O)C[C@@H]3[C@@H](C)[C@@H](C[C@H](O)CO)O[C@H]3CC3O[C@@H](CCC1O2)C[C@@H](C)C3=C. The molecule has 0 aromatic heterocycles. The molecular weight excluding hydrogens is 672 g/mol. The second-order valence-electron chi connectivity index (χ2n) is 17.0. The Kier molecular flexibility index (Phi) is 12.1. The maximum atomic E-state index is 13.8. The smallest absolute Gasteiger partial charge is 0.135 e. The first-order valence-electron chi connectivity index (χ1n) is 19.9. The molecule has 18 atom stereocenters. The van der Waals surface area contributed by atoms with Gasteiger partial charge in [-0.2, -0.15) is 0 Å². The van der Waals surface area contributed by atoms with E-state index in [9.17, 15) is 30.0 Å². The highest BCUT2D eigenvalue weighted by Crippen LogP contribution is 2.44. The lowest BCUT2D eigenvalue weighted by molar-refractivity contribution is -0.259. The van der Waals surface area contributed by atoms with E-state index in [0.717, 1.165) is 30.4 Å². The number of hydrogen-bond acceptors (Lipinski definition) is 12. The molecular formula is C40H60O12. The van der Waals surface area contributed by atoms with Gasteiger partial charge in [-0.05, 0) is 73.8 Å². The largest absolute Gasteiger partial charge is 0.394 e. The van der Waals surface area contributed by atoms with Gasteiger partial charge < -0.3 is 48.8 Å². The van der Waals surface area contributed by atoms with E-state index < -0.39 is 54.9 Å². The Morgan fingerprint density at radius 3 is 2.19 bits per heavy atom. The van der Waals surface area contributed by atoms with Gasteiger partial charge in [-0.1, -0.05) is 27.0 Å². The zero-order chi connectivity index (χ0) is 36.8. The Labute approximate surface area is 307 Å². The van der Waals surface area contributed by atoms with Crippen molar-refractivity contribution in [2.24, 2.45) is 17.8 Å². The first-order valence-corrected chi connectivity index (χ1v) is 19.9. The van der Waals surface area contributed by atoms with Crippen LogP contribution < -0.4 is 0 Å². The van der Waals surface area contributed by atoms with Gasteiger partial charge in [0, 0.05) is 38.5 Å².